The summed E-state index contributed by atoms with van der Waals surface area (Å²) in [6.07, 6.45) is 0. The van der Waals surface area contributed by atoms with Crippen molar-refractivity contribution in [1.29, 1.82) is 0 Å². The summed E-state index contributed by atoms with van der Waals surface area (Å²) in [4.78, 5) is 10.9. The molecule has 0 amide bonds. The number of thiophene rings is 1. The molecule has 0 spiro atoms. The van der Waals surface area contributed by atoms with Gasteiger partial charge in [-0.05, 0) is 13.0 Å². The maximum absolute atomic E-state index is 10.6. The number of alkyl halides is 1. The normalized spacial score (nSPS) is 10.0. The van der Waals surface area contributed by atoms with Crippen LogP contribution < -0.4 is 4.74 Å². The molecule has 0 aliphatic rings. The van der Waals surface area contributed by atoms with Gasteiger partial charge in [0.05, 0.1) is 5.88 Å². The summed E-state index contributed by atoms with van der Waals surface area (Å²) in [6.45, 7) is 2.22. The molecule has 5 heteroatoms. The first-order valence-corrected chi connectivity index (χ1v) is 5.02. The zero-order valence-corrected chi connectivity index (χ0v) is 8.61. The molecule has 72 valence electrons. The Hall–Kier alpha value is -0.740. The van der Waals surface area contributed by atoms with Gasteiger partial charge in [0.15, 0.2) is 5.06 Å². The van der Waals surface area contributed by atoms with E-state index in [-0.39, 0.29) is 0 Å². The lowest BCUT2D eigenvalue weighted by molar-refractivity contribution is 0.0702. The third-order valence-electron chi connectivity index (χ3n) is 1.39. The van der Waals surface area contributed by atoms with Gasteiger partial charge in [-0.3, -0.25) is 0 Å². The number of aryl methyl sites for hydroxylation is 1. The van der Waals surface area contributed by atoms with Gasteiger partial charge < -0.3 is 9.84 Å². The Labute approximate surface area is 84.9 Å². The van der Waals surface area contributed by atoms with Gasteiger partial charge in [-0.25, -0.2) is 4.79 Å². The maximum atomic E-state index is 10.6. The molecule has 0 aliphatic heterocycles. The van der Waals surface area contributed by atoms with Crippen molar-refractivity contribution in [3.8, 4) is 5.06 Å². The Morgan fingerprint density at radius 3 is 2.92 bits per heavy atom. The predicted octanol–water partition coefficient (Wildman–Crippen LogP) is 2.37. The van der Waals surface area contributed by atoms with E-state index in [1.54, 1.807) is 6.07 Å². The van der Waals surface area contributed by atoms with Crippen molar-refractivity contribution in [3.63, 3.8) is 0 Å². The Bertz CT molecular complexity index is 308. The van der Waals surface area contributed by atoms with Gasteiger partial charge in [-0.2, -0.15) is 0 Å². The number of halogens is 1. The van der Waals surface area contributed by atoms with Crippen molar-refractivity contribution in [2.45, 2.75) is 6.92 Å². The van der Waals surface area contributed by atoms with Crippen LogP contribution >= 0.6 is 22.9 Å². The van der Waals surface area contributed by atoms with Crippen molar-refractivity contribution in [2.24, 2.45) is 0 Å². The number of hydrogen-bond acceptors (Lipinski definition) is 3. The van der Waals surface area contributed by atoms with Crippen LogP contribution in [0.4, 0.5) is 0 Å². The molecule has 1 rings (SSSR count). The summed E-state index contributed by atoms with van der Waals surface area (Å²) in [6, 6.07) is 1.59. The molecule has 0 saturated heterocycles. The molecule has 0 saturated carbocycles. The first-order valence-electron chi connectivity index (χ1n) is 3.67. The molecule has 0 atom stereocenters. The SMILES string of the molecule is Cc1cc(C(=O)O)sc1OCCCl. The highest BCUT2D eigenvalue weighted by molar-refractivity contribution is 7.15. The Morgan fingerprint density at radius 1 is 1.77 bits per heavy atom. The molecule has 1 heterocycles. The van der Waals surface area contributed by atoms with Crippen LogP contribution in [0.25, 0.3) is 0 Å². The summed E-state index contributed by atoms with van der Waals surface area (Å²) in [5.74, 6) is -0.520. The topological polar surface area (TPSA) is 46.5 Å². The van der Waals surface area contributed by atoms with E-state index >= 15 is 0 Å². The lowest BCUT2D eigenvalue weighted by Crippen LogP contribution is -1.96. The Morgan fingerprint density at radius 2 is 2.46 bits per heavy atom. The van der Waals surface area contributed by atoms with Crippen LogP contribution in [-0.2, 0) is 0 Å². The first kappa shape index (κ1) is 10.3. The van der Waals surface area contributed by atoms with Gasteiger partial charge >= 0.3 is 5.97 Å². The summed E-state index contributed by atoms with van der Waals surface area (Å²) >= 11 is 6.56. The minimum atomic E-state index is -0.922. The van der Waals surface area contributed by atoms with Crippen LogP contribution in [0.1, 0.15) is 15.2 Å². The van der Waals surface area contributed by atoms with E-state index < -0.39 is 5.97 Å². The highest BCUT2D eigenvalue weighted by atomic mass is 35.5. The first-order chi connectivity index (χ1) is 6.15. The molecule has 0 aliphatic carbocycles. The largest absolute Gasteiger partial charge is 0.482 e. The van der Waals surface area contributed by atoms with Crippen molar-refractivity contribution < 1.29 is 14.6 Å². The Balaban J connectivity index is 2.77. The second-order valence-corrected chi connectivity index (χ2v) is 3.82. The molecule has 1 N–H and O–H groups in total. The van der Waals surface area contributed by atoms with Crippen LogP contribution in [-0.4, -0.2) is 23.6 Å². The quantitative estimate of drug-likeness (QED) is 0.793. The van der Waals surface area contributed by atoms with Gasteiger partial charge in [0.25, 0.3) is 0 Å². The van der Waals surface area contributed by atoms with Crippen LogP contribution in [0.2, 0.25) is 0 Å². The standard InChI is InChI=1S/C8H9ClO3S/c1-5-4-6(7(10)11)13-8(5)12-3-2-9/h4H,2-3H2,1H3,(H,10,11). The number of carboxylic acid groups (broad SMARTS) is 1. The molecule has 1 aromatic rings. The van der Waals surface area contributed by atoms with Gasteiger partial charge in [-0.15, -0.1) is 11.6 Å². The van der Waals surface area contributed by atoms with Gasteiger partial charge in [0.2, 0.25) is 0 Å². The minimum absolute atomic E-state index is 0.294. The fourth-order valence-corrected chi connectivity index (χ4v) is 1.81. The molecule has 13 heavy (non-hydrogen) atoms. The lowest BCUT2D eigenvalue weighted by atomic mass is 10.3. The van der Waals surface area contributed by atoms with E-state index in [1.807, 2.05) is 6.92 Å². The summed E-state index contributed by atoms with van der Waals surface area (Å²) in [5.41, 5.74) is 0.840. The number of rotatable bonds is 4. The zero-order chi connectivity index (χ0) is 9.84. The Kier molecular flexibility index (Phi) is 3.57. The summed E-state index contributed by atoms with van der Waals surface area (Å²) < 4.78 is 5.24. The zero-order valence-electron chi connectivity index (χ0n) is 7.04. The number of carboxylic acids is 1. The summed E-state index contributed by atoms with van der Waals surface area (Å²) in [7, 11) is 0. The van der Waals surface area contributed by atoms with Gasteiger partial charge in [-0.1, -0.05) is 11.3 Å². The molecule has 0 fully saturated rings. The number of hydrogen-bond donors (Lipinski definition) is 1. The van der Waals surface area contributed by atoms with Gasteiger partial charge in [0.1, 0.15) is 11.5 Å². The number of aromatic carboxylic acids is 1. The molecular weight excluding hydrogens is 212 g/mol. The lowest BCUT2D eigenvalue weighted by Gasteiger charge is -1.99. The molecule has 0 aromatic carbocycles. The second kappa shape index (κ2) is 4.48. The highest BCUT2D eigenvalue weighted by Gasteiger charge is 2.11. The molecule has 0 bridgehead atoms. The molecular formula is C8H9ClO3S. The predicted molar refractivity (Wildman–Crippen MR) is 52.2 cm³/mol. The van der Waals surface area contributed by atoms with Crippen molar-refractivity contribution in [3.05, 3.63) is 16.5 Å². The fourth-order valence-electron chi connectivity index (χ4n) is 0.845. The fraction of sp³-hybridized carbons (Fsp3) is 0.375. The van der Waals surface area contributed by atoms with E-state index in [1.165, 1.54) is 0 Å². The van der Waals surface area contributed by atoms with E-state index in [9.17, 15) is 4.79 Å². The number of carbonyl (C=O) groups is 1. The van der Waals surface area contributed by atoms with Gasteiger partial charge in [0, 0.05) is 5.56 Å². The van der Waals surface area contributed by atoms with Crippen LogP contribution in [0.3, 0.4) is 0 Å². The molecule has 3 nitrogen and oxygen atoms in total. The van der Waals surface area contributed by atoms with Crippen molar-refractivity contribution >= 4 is 28.9 Å². The third kappa shape index (κ3) is 2.60. The maximum Gasteiger partial charge on any atom is 0.346 e. The molecule has 0 radical (unpaired) electrons. The van der Waals surface area contributed by atoms with E-state index in [0.717, 1.165) is 16.9 Å². The summed E-state index contributed by atoms with van der Waals surface area (Å²) in [5, 5.41) is 9.31. The van der Waals surface area contributed by atoms with Crippen LogP contribution in [0.15, 0.2) is 6.07 Å². The van der Waals surface area contributed by atoms with Crippen molar-refractivity contribution in [2.75, 3.05) is 12.5 Å². The monoisotopic (exact) mass is 220 g/mol. The minimum Gasteiger partial charge on any atom is -0.482 e. The second-order valence-electron chi connectivity index (χ2n) is 2.42. The average molecular weight is 221 g/mol. The molecule has 1 aromatic heterocycles. The van der Waals surface area contributed by atoms with E-state index in [0.29, 0.717) is 22.4 Å². The average Bonchev–Trinajstić information content (AvgIpc) is 2.44. The highest BCUT2D eigenvalue weighted by Crippen LogP contribution is 2.29. The number of ether oxygens (including phenoxy) is 1. The van der Waals surface area contributed by atoms with E-state index in [2.05, 4.69) is 0 Å². The van der Waals surface area contributed by atoms with E-state index in [4.69, 9.17) is 21.4 Å². The van der Waals surface area contributed by atoms with Crippen molar-refractivity contribution in [1.82, 2.24) is 0 Å². The third-order valence-corrected chi connectivity index (χ3v) is 2.69. The smallest absolute Gasteiger partial charge is 0.346 e. The molecule has 0 unspecified atom stereocenters. The van der Waals surface area contributed by atoms with Crippen LogP contribution in [0.5, 0.6) is 5.06 Å². The van der Waals surface area contributed by atoms with Crippen LogP contribution in [0, 0.1) is 6.92 Å².